The predicted molar refractivity (Wildman–Crippen MR) is 66.4 cm³/mol. The molecule has 1 unspecified atom stereocenters. The third kappa shape index (κ3) is 1.89. The number of benzene rings is 1. The molecule has 1 aliphatic heterocycles. The summed E-state index contributed by atoms with van der Waals surface area (Å²) >= 11 is 0. The van der Waals surface area contributed by atoms with Gasteiger partial charge in [-0.1, -0.05) is 30.3 Å². The third-order valence-electron chi connectivity index (χ3n) is 2.55. The van der Waals surface area contributed by atoms with Gasteiger partial charge in [0.05, 0.1) is 0 Å². The van der Waals surface area contributed by atoms with E-state index in [0.29, 0.717) is 17.3 Å². The Bertz CT molecular complexity index is 584. The number of nitrogens with zero attached hydrogens (tertiary/aromatic N) is 3. The molecule has 1 aromatic heterocycles. The summed E-state index contributed by atoms with van der Waals surface area (Å²) in [5.74, 6) is 0.815. The van der Waals surface area contributed by atoms with Crippen LogP contribution in [-0.2, 0) is 4.84 Å². The molecule has 1 atom stereocenters. The second-order valence-electron chi connectivity index (χ2n) is 3.75. The van der Waals surface area contributed by atoms with Gasteiger partial charge in [0.25, 0.3) is 0 Å². The van der Waals surface area contributed by atoms with Gasteiger partial charge in [-0.25, -0.2) is 25.3 Å². The lowest BCUT2D eigenvalue weighted by atomic mass is 10.2. The molecule has 18 heavy (non-hydrogen) atoms. The van der Waals surface area contributed by atoms with Crippen LogP contribution in [0.1, 0.15) is 17.5 Å². The van der Waals surface area contributed by atoms with Crippen LogP contribution in [0, 0.1) is 0 Å². The maximum absolute atomic E-state index is 5.73. The van der Waals surface area contributed by atoms with Crippen molar-refractivity contribution in [3.63, 3.8) is 0 Å². The summed E-state index contributed by atoms with van der Waals surface area (Å²) in [6, 6.07) is 9.70. The van der Waals surface area contributed by atoms with E-state index < -0.39 is 0 Å². The van der Waals surface area contributed by atoms with Crippen LogP contribution in [0.4, 0.5) is 5.82 Å². The second-order valence-corrected chi connectivity index (χ2v) is 3.75. The molecule has 6 nitrogen and oxygen atoms in total. The number of amidine groups is 1. The van der Waals surface area contributed by atoms with E-state index in [9.17, 15) is 0 Å². The van der Waals surface area contributed by atoms with Crippen molar-refractivity contribution < 1.29 is 4.84 Å². The summed E-state index contributed by atoms with van der Waals surface area (Å²) in [6.07, 6.45) is 2.71. The number of rotatable bonds is 2. The fourth-order valence-electron chi connectivity index (χ4n) is 1.68. The zero-order valence-electron chi connectivity index (χ0n) is 9.45. The van der Waals surface area contributed by atoms with E-state index in [1.165, 1.54) is 6.20 Å². The summed E-state index contributed by atoms with van der Waals surface area (Å²) < 4.78 is 0. The summed E-state index contributed by atoms with van der Waals surface area (Å²) in [5, 5.41) is 0. The van der Waals surface area contributed by atoms with Gasteiger partial charge in [-0.3, -0.25) is 0 Å². The molecular weight excluding hydrogens is 230 g/mol. The van der Waals surface area contributed by atoms with Gasteiger partial charge in [0.15, 0.2) is 11.7 Å². The molecule has 1 aromatic carbocycles. The number of hydroxylamine groups is 1. The topological polar surface area (TPSA) is 85.4 Å². The van der Waals surface area contributed by atoms with Crippen LogP contribution in [-0.4, -0.2) is 15.8 Å². The summed E-state index contributed by atoms with van der Waals surface area (Å²) in [6.45, 7) is 0. The Balaban J connectivity index is 1.91. The van der Waals surface area contributed by atoms with Crippen molar-refractivity contribution in [2.45, 2.75) is 6.23 Å². The van der Waals surface area contributed by atoms with E-state index in [-0.39, 0.29) is 6.23 Å². The molecule has 0 spiro atoms. The lowest BCUT2D eigenvalue weighted by Crippen LogP contribution is -2.21. The van der Waals surface area contributed by atoms with Crippen molar-refractivity contribution in [2.75, 3.05) is 5.73 Å². The Morgan fingerprint density at radius 1 is 1.11 bits per heavy atom. The van der Waals surface area contributed by atoms with Crippen molar-refractivity contribution >= 4 is 11.7 Å². The maximum Gasteiger partial charge on any atom is 0.202 e. The lowest BCUT2D eigenvalue weighted by Gasteiger charge is -2.04. The highest BCUT2D eigenvalue weighted by molar-refractivity contribution is 6.00. The zero-order valence-corrected chi connectivity index (χ0v) is 9.45. The van der Waals surface area contributed by atoms with Gasteiger partial charge in [-0.05, 0) is 0 Å². The van der Waals surface area contributed by atoms with E-state index in [1.54, 1.807) is 6.20 Å². The van der Waals surface area contributed by atoms with Gasteiger partial charge in [-0.2, -0.15) is 0 Å². The van der Waals surface area contributed by atoms with Gasteiger partial charge >= 0.3 is 0 Å². The van der Waals surface area contributed by atoms with E-state index in [4.69, 9.17) is 10.6 Å². The molecule has 0 aliphatic carbocycles. The molecule has 90 valence electrons. The van der Waals surface area contributed by atoms with E-state index >= 15 is 0 Å². The Morgan fingerprint density at radius 3 is 2.67 bits per heavy atom. The van der Waals surface area contributed by atoms with Crippen molar-refractivity contribution in [3.05, 3.63) is 54.0 Å². The average molecular weight is 241 g/mol. The maximum atomic E-state index is 5.73. The number of aliphatic imine (C=N–C) groups is 1. The van der Waals surface area contributed by atoms with Crippen LogP contribution in [0.5, 0.6) is 0 Å². The number of aromatic nitrogens is 2. The number of hydrogen-bond acceptors (Lipinski definition) is 6. The molecule has 0 saturated heterocycles. The largest absolute Gasteiger partial charge is 0.382 e. The van der Waals surface area contributed by atoms with Gasteiger partial charge in [0, 0.05) is 18.0 Å². The minimum atomic E-state index is -0.386. The fourth-order valence-corrected chi connectivity index (χ4v) is 1.68. The molecular formula is C12H11N5O. The van der Waals surface area contributed by atoms with Gasteiger partial charge in [-0.15, -0.1) is 0 Å². The number of hydrogen-bond donors (Lipinski definition) is 2. The minimum absolute atomic E-state index is 0.320. The first-order valence-corrected chi connectivity index (χ1v) is 5.46. The van der Waals surface area contributed by atoms with Crippen molar-refractivity contribution in [2.24, 2.45) is 4.99 Å². The minimum Gasteiger partial charge on any atom is -0.382 e. The van der Waals surface area contributed by atoms with Crippen LogP contribution in [0.25, 0.3) is 0 Å². The Morgan fingerprint density at radius 2 is 1.89 bits per heavy atom. The Labute approximate surface area is 104 Å². The fraction of sp³-hybridized carbons (Fsp3) is 0.0833. The van der Waals surface area contributed by atoms with E-state index in [1.807, 2.05) is 30.3 Å². The summed E-state index contributed by atoms with van der Waals surface area (Å²) in [4.78, 5) is 17.9. The quantitative estimate of drug-likeness (QED) is 0.820. The van der Waals surface area contributed by atoms with Crippen LogP contribution in [0.2, 0.25) is 0 Å². The standard InChI is InChI=1S/C12H11N5O/c13-10-9(14-6-7-15-10)11-16-12(18-17-11)8-4-2-1-3-5-8/h1-7,12H,(H2,13,15)(H,16,17). The highest BCUT2D eigenvalue weighted by Crippen LogP contribution is 2.23. The highest BCUT2D eigenvalue weighted by atomic mass is 16.7. The van der Waals surface area contributed by atoms with Crippen LogP contribution >= 0.6 is 0 Å². The van der Waals surface area contributed by atoms with Gasteiger partial charge < -0.3 is 5.73 Å². The number of nitrogen functional groups attached to an aromatic ring is 1. The molecule has 2 heterocycles. The smallest absolute Gasteiger partial charge is 0.202 e. The van der Waals surface area contributed by atoms with Gasteiger partial charge in [0.1, 0.15) is 5.69 Å². The molecule has 0 saturated carbocycles. The molecule has 1 aliphatic rings. The molecule has 0 radical (unpaired) electrons. The Hall–Kier alpha value is -2.47. The zero-order chi connectivity index (χ0) is 12.4. The van der Waals surface area contributed by atoms with Crippen LogP contribution in [0.3, 0.4) is 0 Å². The highest BCUT2D eigenvalue weighted by Gasteiger charge is 2.22. The van der Waals surface area contributed by atoms with Gasteiger partial charge in [0.2, 0.25) is 6.23 Å². The van der Waals surface area contributed by atoms with Crippen LogP contribution < -0.4 is 11.2 Å². The normalized spacial score (nSPS) is 18.2. The van der Waals surface area contributed by atoms with Crippen molar-refractivity contribution in [3.8, 4) is 0 Å². The van der Waals surface area contributed by atoms with Crippen molar-refractivity contribution in [1.29, 1.82) is 0 Å². The second kappa shape index (κ2) is 4.42. The lowest BCUT2D eigenvalue weighted by molar-refractivity contribution is 0.0376. The SMILES string of the molecule is Nc1nccnc1C1=NC(c2ccccc2)ON1. The monoisotopic (exact) mass is 241 g/mol. The molecule has 6 heteroatoms. The molecule has 3 rings (SSSR count). The van der Waals surface area contributed by atoms with Crippen LogP contribution in [0.15, 0.2) is 47.7 Å². The first-order valence-electron chi connectivity index (χ1n) is 5.46. The molecule has 0 fully saturated rings. The number of nitrogens with two attached hydrogens (primary N) is 1. The predicted octanol–water partition coefficient (Wildman–Crippen LogP) is 1.04. The molecule has 3 N–H and O–H groups in total. The average Bonchev–Trinajstić information content (AvgIpc) is 2.90. The molecule has 0 amide bonds. The number of nitrogens with one attached hydrogen (secondary N) is 1. The third-order valence-corrected chi connectivity index (χ3v) is 2.55. The van der Waals surface area contributed by atoms with E-state index in [2.05, 4.69) is 20.4 Å². The van der Waals surface area contributed by atoms with E-state index in [0.717, 1.165) is 5.56 Å². The Kier molecular flexibility index (Phi) is 2.62. The first kappa shape index (κ1) is 10.7. The summed E-state index contributed by atoms with van der Waals surface area (Å²) in [5.41, 5.74) is 9.92. The molecule has 2 aromatic rings. The molecule has 0 bridgehead atoms. The van der Waals surface area contributed by atoms with Crippen molar-refractivity contribution in [1.82, 2.24) is 15.4 Å². The number of anilines is 1. The first-order chi connectivity index (χ1) is 8.84. The summed E-state index contributed by atoms with van der Waals surface area (Å²) in [7, 11) is 0.